The zero-order chi connectivity index (χ0) is 23.4. The van der Waals surface area contributed by atoms with Crippen LogP contribution in [-0.2, 0) is 0 Å². The highest BCUT2D eigenvalue weighted by molar-refractivity contribution is 5.91. The largest absolute Gasteiger partial charge is 0.515 e. The summed E-state index contributed by atoms with van der Waals surface area (Å²) in [4.78, 5) is 22.4. The van der Waals surface area contributed by atoms with Gasteiger partial charge in [0, 0.05) is 11.1 Å². The fraction of sp³-hybridized carbons (Fsp3) is 0. The van der Waals surface area contributed by atoms with Crippen LogP contribution < -0.4 is 0 Å². The molecule has 3 aromatic carbocycles. The van der Waals surface area contributed by atoms with Gasteiger partial charge in [0.1, 0.15) is 11.6 Å². The molecule has 0 aliphatic carbocycles. The number of carboxylic acid groups (broad SMARTS) is 2. The fourth-order valence-electron chi connectivity index (χ4n) is 3.20. The molecule has 0 radical (unpaired) electrons. The molecule has 0 aromatic heterocycles. The van der Waals surface area contributed by atoms with E-state index >= 15 is 0 Å². The summed E-state index contributed by atoms with van der Waals surface area (Å²) in [6.45, 7) is 0. The second-order valence-corrected chi connectivity index (χ2v) is 6.73. The molecule has 0 spiro atoms. The van der Waals surface area contributed by atoms with Crippen LogP contribution in [0.25, 0.3) is 11.1 Å². The summed E-state index contributed by atoms with van der Waals surface area (Å²) < 4.78 is 27.7. The summed E-state index contributed by atoms with van der Waals surface area (Å²) >= 11 is 0. The highest BCUT2D eigenvalue weighted by Crippen LogP contribution is 2.29. The van der Waals surface area contributed by atoms with E-state index < -0.39 is 23.6 Å². The first-order valence-electron chi connectivity index (χ1n) is 9.11. The average Bonchev–Trinajstić information content (AvgIpc) is 2.75. The van der Waals surface area contributed by atoms with E-state index in [0.29, 0.717) is 23.7 Å². The minimum atomic E-state index is -1.33. The first-order chi connectivity index (χ1) is 15.2. The number of halogens is 2. The zero-order valence-corrected chi connectivity index (χ0v) is 16.3. The fourth-order valence-corrected chi connectivity index (χ4v) is 3.20. The second-order valence-electron chi connectivity index (χ2n) is 6.73. The molecule has 162 valence electrons. The Morgan fingerprint density at radius 1 is 0.562 bits per heavy atom. The van der Waals surface area contributed by atoms with Crippen molar-refractivity contribution in [1.29, 1.82) is 0 Å². The molecule has 3 rings (SSSR count). The molecule has 0 bridgehead atoms. The van der Waals surface area contributed by atoms with Gasteiger partial charge in [0.25, 0.3) is 0 Å². The van der Waals surface area contributed by atoms with E-state index in [9.17, 15) is 28.6 Å². The topological polar surface area (TPSA) is 115 Å². The Kier molecular flexibility index (Phi) is 6.34. The molecule has 0 atom stereocenters. The van der Waals surface area contributed by atoms with Gasteiger partial charge in [-0.2, -0.15) is 0 Å². The number of aromatic carboxylic acids is 2. The first-order valence-corrected chi connectivity index (χ1v) is 9.11. The molecule has 0 aliphatic heterocycles. The third kappa shape index (κ3) is 4.65. The van der Waals surface area contributed by atoms with Gasteiger partial charge >= 0.3 is 11.9 Å². The minimum absolute atomic E-state index is 0.131. The molecule has 4 N–H and O–H groups in total. The molecule has 3 aromatic rings. The number of aliphatic hydroxyl groups excluding tert-OH is 2. The van der Waals surface area contributed by atoms with Gasteiger partial charge in [0.2, 0.25) is 0 Å². The quantitative estimate of drug-likeness (QED) is 0.391. The van der Waals surface area contributed by atoms with Crippen LogP contribution >= 0.6 is 0 Å². The van der Waals surface area contributed by atoms with Gasteiger partial charge in [-0.25, -0.2) is 18.4 Å². The van der Waals surface area contributed by atoms with Crippen LogP contribution in [0.1, 0.15) is 43.0 Å². The standard InChI is InChI=1S/C24H16F2O6/c25-19-7-15(5-17(9-19)23(29)30)21(11-27)13-1-2-14(4-3-13)22(12-28)16-6-18(24(31)32)10-20(26)8-16/h1-12,27-28H,(H,29,30)(H,31,32). The van der Waals surface area contributed by atoms with Crippen molar-refractivity contribution in [3.8, 4) is 0 Å². The predicted molar refractivity (Wildman–Crippen MR) is 113 cm³/mol. The van der Waals surface area contributed by atoms with E-state index in [4.69, 9.17) is 10.2 Å². The molecule has 0 amide bonds. The van der Waals surface area contributed by atoms with Crippen molar-refractivity contribution < 1.29 is 38.8 Å². The van der Waals surface area contributed by atoms with Crippen LogP contribution in [0.15, 0.2) is 73.2 Å². The maximum atomic E-state index is 13.8. The summed E-state index contributed by atoms with van der Waals surface area (Å²) in [7, 11) is 0. The van der Waals surface area contributed by atoms with E-state index in [1.54, 1.807) is 0 Å². The number of hydrogen-bond donors (Lipinski definition) is 4. The van der Waals surface area contributed by atoms with Gasteiger partial charge in [-0.1, -0.05) is 24.3 Å². The van der Waals surface area contributed by atoms with E-state index in [1.807, 2.05) is 0 Å². The van der Waals surface area contributed by atoms with Crippen molar-refractivity contribution in [2.75, 3.05) is 0 Å². The Bertz CT molecular complexity index is 1160. The average molecular weight is 438 g/mol. The lowest BCUT2D eigenvalue weighted by Crippen LogP contribution is -2.00. The van der Waals surface area contributed by atoms with Crippen molar-refractivity contribution in [3.05, 3.63) is 118 Å². The number of hydrogen-bond acceptors (Lipinski definition) is 4. The van der Waals surface area contributed by atoms with Crippen molar-refractivity contribution >= 4 is 23.1 Å². The maximum Gasteiger partial charge on any atom is 0.335 e. The summed E-state index contributed by atoms with van der Waals surface area (Å²) in [6.07, 6.45) is 1.42. The lowest BCUT2D eigenvalue weighted by molar-refractivity contribution is 0.0685. The molecule has 32 heavy (non-hydrogen) atoms. The third-order valence-corrected chi connectivity index (χ3v) is 4.68. The van der Waals surface area contributed by atoms with Crippen molar-refractivity contribution in [2.45, 2.75) is 0 Å². The lowest BCUT2D eigenvalue weighted by Gasteiger charge is -2.12. The maximum absolute atomic E-state index is 13.8. The Labute approximate surface area is 180 Å². The molecular weight excluding hydrogens is 422 g/mol. The first kappa shape index (κ1) is 22.2. The van der Waals surface area contributed by atoms with Crippen molar-refractivity contribution in [3.63, 3.8) is 0 Å². The van der Waals surface area contributed by atoms with Crippen molar-refractivity contribution in [2.24, 2.45) is 0 Å². The van der Waals surface area contributed by atoms with Crippen LogP contribution in [0.2, 0.25) is 0 Å². The van der Waals surface area contributed by atoms with Gasteiger partial charge in [0.15, 0.2) is 0 Å². The van der Waals surface area contributed by atoms with Gasteiger partial charge in [0.05, 0.1) is 23.7 Å². The molecule has 0 fully saturated rings. The number of benzene rings is 3. The van der Waals surface area contributed by atoms with Crippen LogP contribution in [0.5, 0.6) is 0 Å². The number of carboxylic acids is 2. The Morgan fingerprint density at radius 3 is 1.16 bits per heavy atom. The van der Waals surface area contributed by atoms with Crippen molar-refractivity contribution in [1.82, 2.24) is 0 Å². The van der Waals surface area contributed by atoms with Crippen LogP contribution in [0.4, 0.5) is 8.78 Å². The predicted octanol–water partition coefficient (Wildman–Crippen LogP) is 5.26. The van der Waals surface area contributed by atoms with Gasteiger partial charge in [-0.15, -0.1) is 0 Å². The van der Waals surface area contributed by atoms with Crippen LogP contribution in [0, 0.1) is 11.6 Å². The normalized spacial score (nSPS) is 11.9. The highest BCUT2D eigenvalue weighted by atomic mass is 19.1. The number of rotatable bonds is 6. The Morgan fingerprint density at radius 2 is 0.875 bits per heavy atom. The Balaban J connectivity index is 2.00. The summed E-state index contributed by atoms with van der Waals surface area (Å²) in [6, 6.07) is 12.3. The van der Waals surface area contributed by atoms with Gasteiger partial charge in [-0.05, 0) is 58.7 Å². The van der Waals surface area contributed by atoms with E-state index in [0.717, 1.165) is 24.3 Å². The minimum Gasteiger partial charge on any atom is -0.515 e. The summed E-state index contributed by atoms with van der Waals surface area (Å²) in [5.74, 6) is -4.23. The van der Waals surface area contributed by atoms with E-state index in [-0.39, 0.29) is 33.4 Å². The molecule has 0 heterocycles. The van der Waals surface area contributed by atoms with Crippen LogP contribution in [0.3, 0.4) is 0 Å². The van der Waals surface area contributed by atoms with E-state index in [1.165, 1.54) is 36.4 Å². The molecule has 0 aliphatic rings. The molecule has 0 saturated carbocycles. The Hall–Kier alpha value is -4.46. The number of aliphatic hydroxyl groups is 2. The third-order valence-electron chi connectivity index (χ3n) is 4.68. The smallest absolute Gasteiger partial charge is 0.335 e. The van der Waals surface area contributed by atoms with E-state index in [2.05, 4.69) is 0 Å². The second kappa shape index (κ2) is 9.13. The molecule has 6 nitrogen and oxygen atoms in total. The summed E-state index contributed by atoms with van der Waals surface area (Å²) in [5.41, 5.74) is 0.781. The molecular formula is C24H16F2O6. The summed E-state index contributed by atoms with van der Waals surface area (Å²) in [5, 5.41) is 37.6. The van der Waals surface area contributed by atoms with Gasteiger partial charge in [-0.3, -0.25) is 0 Å². The molecule has 0 unspecified atom stereocenters. The monoisotopic (exact) mass is 438 g/mol. The molecule has 8 heteroatoms. The lowest BCUT2D eigenvalue weighted by atomic mass is 9.93. The number of carbonyl (C=O) groups is 2. The zero-order valence-electron chi connectivity index (χ0n) is 16.3. The SMILES string of the molecule is O=C(O)c1cc(F)cc(C(=CO)c2ccc(C(=CO)c3cc(F)cc(C(=O)O)c3)cc2)c1. The van der Waals surface area contributed by atoms with Crippen LogP contribution in [-0.4, -0.2) is 32.4 Å². The van der Waals surface area contributed by atoms with Gasteiger partial charge < -0.3 is 20.4 Å². The highest BCUT2D eigenvalue weighted by Gasteiger charge is 2.15. The molecule has 0 saturated heterocycles.